The lowest BCUT2D eigenvalue weighted by Crippen LogP contribution is -2.47. The van der Waals surface area contributed by atoms with Gasteiger partial charge in [-0.1, -0.05) is 24.3 Å². The Morgan fingerprint density at radius 1 is 1.09 bits per heavy atom. The molecule has 0 radical (unpaired) electrons. The molecule has 0 spiro atoms. The maximum absolute atomic E-state index is 12.8. The number of nitrogens with one attached hydrogen (secondary N) is 2. The summed E-state index contributed by atoms with van der Waals surface area (Å²) in [6.07, 6.45) is 0. The third-order valence-corrected chi connectivity index (χ3v) is 3.83. The molecule has 1 heterocycles. The van der Waals surface area contributed by atoms with Crippen LogP contribution in [0, 0.1) is 0 Å². The number of piperazine rings is 1. The lowest BCUT2D eigenvalue weighted by Gasteiger charge is -2.34. The Balaban J connectivity index is 0.00000192. The number of carbonyl (C=O) groups is 3. The molecule has 0 atom stereocenters. The number of fused-ring (bicyclic) bond motifs is 1. The summed E-state index contributed by atoms with van der Waals surface area (Å²) in [6, 6.07) is 6.72. The lowest BCUT2D eigenvalue weighted by atomic mass is 9.89. The summed E-state index contributed by atoms with van der Waals surface area (Å²) >= 11 is 0. The van der Waals surface area contributed by atoms with E-state index in [1.165, 1.54) is 6.92 Å². The van der Waals surface area contributed by atoms with Crippen LogP contribution >= 0.6 is 12.4 Å². The normalized spacial score (nSPS) is 17.5. The SMILES string of the molecule is CC(=O)NC1=C(N2CCNCC2)C(=O)c2ccccc2C1=O.Cl. The minimum absolute atomic E-state index is 0. The standard InChI is InChI=1S/C16H17N3O3.ClH/c1-10(20)18-13-14(19-8-6-17-7-9-19)16(22)12-5-3-2-4-11(12)15(13)21;/h2-5,17H,6-9H2,1H3,(H,18,20);1H. The first-order chi connectivity index (χ1) is 10.6. The van der Waals surface area contributed by atoms with E-state index >= 15 is 0 Å². The highest BCUT2D eigenvalue weighted by Gasteiger charge is 2.35. The summed E-state index contributed by atoms with van der Waals surface area (Å²) in [5.74, 6) is -0.872. The van der Waals surface area contributed by atoms with Crippen molar-refractivity contribution in [2.24, 2.45) is 0 Å². The number of rotatable bonds is 2. The van der Waals surface area contributed by atoms with Crippen molar-refractivity contribution in [3.8, 4) is 0 Å². The van der Waals surface area contributed by atoms with E-state index in [0.717, 1.165) is 13.1 Å². The van der Waals surface area contributed by atoms with Crippen molar-refractivity contribution in [2.45, 2.75) is 6.92 Å². The van der Waals surface area contributed by atoms with Crippen molar-refractivity contribution in [1.29, 1.82) is 0 Å². The lowest BCUT2D eigenvalue weighted by molar-refractivity contribution is -0.118. The van der Waals surface area contributed by atoms with E-state index in [1.807, 2.05) is 4.90 Å². The Morgan fingerprint density at radius 3 is 2.22 bits per heavy atom. The van der Waals surface area contributed by atoms with Crippen LogP contribution in [0.25, 0.3) is 0 Å². The minimum Gasteiger partial charge on any atom is -0.364 e. The second-order valence-corrected chi connectivity index (χ2v) is 5.35. The van der Waals surface area contributed by atoms with Crippen molar-refractivity contribution >= 4 is 29.9 Å². The first-order valence-corrected chi connectivity index (χ1v) is 7.25. The van der Waals surface area contributed by atoms with Crippen molar-refractivity contribution in [3.05, 3.63) is 46.8 Å². The van der Waals surface area contributed by atoms with Crippen molar-refractivity contribution in [2.75, 3.05) is 26.2 Å². The largest absolute Gasteiger partial charge is 0.364 e. The van der Waals surface area contributed by atoms with E-state index in [1.54, 1.807) is 24.3 Å². The van der Waals surface area contributed by atoms with E-state index in [2.05, 4.69) is 10.6 Å². The number of allylic oxidation sites excluding steroid dienone is 2. The molecule has 2 N–H and O–H groups in total. The number of halogens is 1. The van der Waals surface area contributed by atoms with Gasteiger partial charge in [0, 0.05) is 44.2 Å². The number of benzene rings is 1. The van der Waals surface area contributed by atoms with Gasteiger partial charge in [0.1, 0.15) is 11.4 Å². The number of hydrogen-bond donors (Lipinski definition) is 2. The van der Waals surface area contributed by atoms with E-state index in [0.29, 0.717) is 29.9 Å². The van der Waals surface area contributed by atoms with Crippen LogP contribution in [0.5, 0.6) is 0 Å². The number of hydrogen-bond acceptors (Lipinski definition) is 5. The Labute approximate surface area is 140 Å². The van der Waals surface area contributed by atoms with E-state index in [9.17, 15) is 14.4 Å². The zero-order chi connectivity index (χ0) is 15.7. The third-order valence-electron chi connectivity index (χ3n) is 3.83. The molecule has 2 aliphatic rings. The Morgan fingerprint density at radius 2 is 1.65 bits per heavy atom. The predicted molar refractivity (Wildman–Crippen MR) is 87.6 cm³/mol. The van der Waals surface area contributed by atoms with Crippen LogP contribution in [0.15, 0.2) is 35.7 Å². The first-order valence-electron chi connectivity index (χ1n) is 7.25. The second kappa shape index (κ2) is 6.93. The van der Waals surface area contributed by atoms with Crippen LogP contribution < -0.4 is 10.6 Å². The van der Waals surface area contributed by atoms with Crippen molar-refractivity contribution < 1.29 is 14.4 Å². The summed E-state index contributed by atoms with van der Waals surface area (Å²) in [4.78, 5) is 38.9. The van der Waals surface area contributed by atoms with E-state index in [-0.39, 0.29) is 35.6 Å². The van der Waals surface area contributed by atoms with Gasteiger partial charge in [-0.2, -0.15) is 0 Å². The fraction of sp³-hybridized carbons (Fsp3) is 0.312. The summed E-state index contributed by atoms with van der Waals surface area (Å²) in [5.41, 5.74) is 1.14. The number of carbonyl (C=O) groups excluding carboxylic acids is 3. The molecule has 6 nitrogen and oxygen atoms in total. The fourth-order valence-electron chi connectivity index (χ4n) is 2.84. The maximum atomic E-state index is 12.8. The zero-order valence-electron chi connectivity index (χ0n) is 12.7. The van der Waals surface area contributed by atoms with Gasteiger partial charge in [0.2, 0.25) is 17.5 Å². The molecule has 1 fully saturated rings. The van der Waals surface area contributed by atoms with Gasteiger partial charge in [0.15, 0.2) is 0 Å². The highest BCUT2D eigenvalue weighted by molar-refractivity contribution is 6.27. The quantitative estimate of drug-likeness (QED) is 0.833. The Kier molecular flexibility index (Phi) is 5.18. The minimum atomic E-state index is -0.358. The maximum Gasteiger partial charge on any atom is 0.221 e. The predicted octanol–water partition coefficient (Wildman–Crippen LogP) is 0.740. The molecule has 7 heteroatoms. The van der Waals surface area contributed by atoms with Crippen LogP contribution in [0.1, 0.15) is 27.6 Å². The summed E-state index contributed by atoms with van der Waals surface area (Å²) < 4.78 is 0. The summed E-state index contributed by atoms with van der Waals surface area (Å²) in [5, 5.41) is 5.77. The van der Waals surface area contributed by atoms with E-state index < -0.39 is 0 Å². The van der Waals surface area contributed by atoms with Crippen LogP contribution in [0.3, 0.4) is 0 Å². The van der Waals surface area contributed by atoms with Gasteiger partial charge in [-0.15, -0.1) is 12.4 Å². The van der Waals surface area contributed by atoms with Crippen molar-refractivity contribution in [3.63, 3.8) is 0 Å². The molecule has 1 aliphatic heterocycles. The van der Waals surface area contributed by atoms with Gasteiger partial charge in [-0.25, -0.2) is 0 Å². The molecule has 1 aromatic rings. The zero-order valence-corrected chi connectivity index (χ0v) is 13.5. The fourth-order valence-corrected chi connectivity index (χ4v) is 2.84. The molecule has 1 aromatic carbocycles. The molecule has 1 saturated heterocycles. The summed E-state index contributed by atoms with van der Waals surface area (Å²) in [7, 11) is 0. The Bertz CT molecular complexity index is 694. The van der Waals surface area contributed by atoms with Crippen molar-refractivity contribution in [1.82, 2.24) is 15.5 Å². The molecule has 3 rings (SSSR count). The van der Waals surface area contributed by atoms with Crippen LogP contribution in [-0.4, -0.2) is 48.6 Å². The Hall–Kier alpha value is -2.18. The van der Waals surface area contributed by atoms with Gasteiger partial charge in [0.05, 0.1) is 0 Å². The van der Waals surface area contributed by atoms with E-state index in [4.69, 9.17) is 0 Å². The molecule has 0 saturated carbocycles. The molecule has 0 unspecified atom stereocenters. The second-order valence-electron chi connectivity index (χ2n) is 5.35. The molecule has 1 amide bonds. The van der Waals surface area contributed by atoms with Crippen LogP contribution in [0.4, 0.5) is 0 Å². The van der Waals surface area contributed by atoms with Crippen LogP contribution in [0.2, 0.25) is 0 Å². The topological polar surface area (TPSA) is 78.5 Å². The van der Waals surface area contributed by atoms with Gasteiger partial charge in [-0.3, -0.25) is 14.4 Å². The number of amides is 1. The molecule has 1 aliphatic carbocycles. The van der Waals surface area contributed by atoms with Gasteiger partial charge in [0.25, 0.3) is 0 Å². The number of Topliss-reactive ketones (excluding diaryl/α,β-unsaturated/α-hetero) is 2. The average Bonchev–Trinajstić information content (AvgIpc) is 2.53. The number of ketones is 2. The smallest absolute Gasteiger partial charge is 0.221 e. The summed E-state index contributed by atoms with van der Waals surface area (Å²) in [6.45, 7) is 4.06. The average molecular weight is 336 g/mol. The molecule has 0 aromatic heterocycles. The molecular weight excluding hydrogens is 318 g/mol. The van der Waals surface area contributed by atoms with Crippen LogP contribution in [-0.2, 0) is 4.79 Å². The third kappa shape index (κ3) is 3.13. The molecule has 122 valence electrons. The highest BCUT2D eigenvalue weighted by Crippen LogP contribution is 2.27. The monoisotopic (exact) mass is 335 g/mol. The van der Waals surface area contributed by atoms with Gasteiger partial charge < -0.3 is 15.5 Å². The van der Waals surface area contributed by atoms with Gasteiger partial charge >= 0.3 is 0 Å². The number of nitrogens with zero attached hydrogens (tertiary/aromatic N) is 1. The molecule has 0 bridgehead atoms. The van der Waals surface area contributed by atoms with Gasteiger partial charge in [-0.05, 0) is 0 Å². The molecule has 23 heavy (non-hydrogen) atoms. The highest BCUT2D eigenvalue weighted by atomic mass is 35.5. The molecular formula is C16H18ClN3O3. The first kappa shape index (κ1) is 17.2.